The Morgan fingerprint density at radius 1 is 0.522 bits per heavy atom. The first-order valence-corrected chi connectivity index (χ1v) is 10.5. The maximum atomic E-state index is 2.38. The molecule has 0 aliphatic heterocycles. The largest absolute Gasteiger partial charge is 0.328 e. The van der Waals surface area contributed by atoms with Gasteiger partial charge in [0.25, 0.3) is 0 Å². The first-order chi connectivity index (χ1) is 11.1. The van der Waals surface area contributed by atoms with Crippen LogP contribution in [-0.4, -0.2) is 32.2 Å². The van der Waals surface area contributed by atoms with Gasteiger partial charge in [-0.15, -0.1) is 0 Å². The van der Waals surface area contributed by atoms with Crippen molar-refractivity contribution in [1.82, 2.24) is 0 Å². The standard InChI is InChI=1S/C22H46N/c1-5-6-7-8-9-10-11-12-13-14-15-16-17-18-19-20-21-22-23(2,3)4/h20-21H,5-19,22H2,1-4H3/q+1. The van der Waals surface area contributed by atoms with Crippen LogP contribution in [0.3, 0.4) is 0 Å². The fraction of sp³-hybridized carbons (Fsp3) is 0.909. The minimum atomic E-state index is 1.04. The second-order valence-electron chi connectivity index (χ2n) is 8.33. The zero-order chi connectivity index (χ0) is 17.2. The number of nitrogens with zero attached hydrogens (tertiary/aromatic N) is 1. The van der Waals surface area contributed by atoms with Gasteiger partial charge in [-0.3, -0.25) is 0 Å². The highest BCUT2D eigenvalue weighted by Gasteiger charge is 2.01. The van der Waals surface area contributed by atoms with Crippen molar-refractivity contribution in [2.45, 2.75) is 103 Å². The lowest BCUT2D eigenvalue weighted by atomic mass is 10.0. The summed E-state index contributed by atoms with van der Waals surface area (Å²) in [5.41, 5.74) is 0. The lowest BCUT2D eigenvalue weighted by Crippen LogP contribution is -2.34. The second kappa shape index (κ2) is 16.6. The molecule has 0 atom stereocenters. The van der Waals surface area contributed by atoms with Crippen LogP contribution >= 0.6 is 0 Å². The molecule has 1 heteroatoms. The van der Waals surface area contributed by atoms with Gasteiger partial charge in [-0.25, -0.2) is 0 Å². The van der Waals surface area contributed by atoms with Crippen molar-refractivity contribution in [1.29, 1.82) is 0 Å². The fourth-order valence-electron chi connectivity index (χ4n) is 2.97. The maximum absolute atomic E-state index is 2.38. The van der Waals surface area contributed by atoms with Crippen LogP contribution in [0.2, 0.25) is 0 Å². The number of rotatable bonds is 17. The molecule has 0 aromatic carbocycles. The molecule has 1 nitrogen and oxygen atoms in total. The van der Waals surface area contributed by atoms with Crippen molar-refractivity contribution in [3.8, 4) is 0 Å². The van der Waals surface area contributed by atoms with E-state index in [2.05, 4.69) is 40.2 Å². The Kier molecular flexibility index (Phi) is 16.3. The van der Waals surface area contributed by atoms with Gasteiger partial charge in [0.1, 0.15) is 0 Å². The van der Waals surface area contributed by atoms with E-state index in [1.54, 1.807) is 0 Å². The molecular weight excluding hydrogens is 278 g/mol. The summed E-state index contributed by atoms with van der Waals surface area (Å²) in [7, 11) is 6.74. The van der Waals surface area contributed by atoms with Gasteiger partial charge in [-0.2, -0.15) is 0 Å². The van der Waals surface area contributed by atoms with Crippen LogP contribution in [0.5, 0.6) is 0 Å². The average molecular weight is 325 g/mol. The molecule has 138 valence electrons. The normalized spacial score (nSPS) is 12.3. The molecule has 0 unspecified atom stereocenters. The van der Waals surface area contributed by atoms with Crippen molar-refractivity contribution in [3.05, 3.63) is 12.2 Å². The van der Waals surface area contributed by atoms with E-state index >= 15 is 0 Å². The SMILES string of the molecule is CCCCCCCCCCCCCCCCC=CC[N+](C)(C)C. The predicted molar refractivity (Wildman–Crippen MR) is 107 cm³/mol. The summed E-state index contributed by atoms with van der Waals surface area (Å²) < 4.78 is 1.04. The lowest BCUT2D eigenvalue weighted by Gasteiger charge is -2.21. The molecule has 0 heterocycles. The summed E-state index contributed by atoms with van der Waals surface area (Å²) >= 11 is 0. The summed E-state index contributed by atoms with van der Waals surface area (Å²) in [4.78, 5) is 0. The van der Waals surface area contributed by atoms with E-state index in [0.717, 1.165) is 11.0 Å². The molecule has 0 saturated heterocycles. The summed E-state index contributed by atoms with van der Waals surface area (Å²) in [6, 6.07) is 0. The molecule has 0 radical (unpaired) electrons. The average Bonchev–Trinajstić information content (AvgIpc) is 2.49. The van der Waals surface area contributed by atoms with Crippen LogP contribution in [0.15, 0.2) is 12.2 Å². The molecule has 0 fully saturated rings. The smallest absolute Gasteiger partial charge is 0.0967 e. The topological polar surface area (TPSA) is 0 Å². The first-order valence-electron chi connectivity index (χ1n) is 10.5. The summed E-state index contributed by atoms with van der Waals surface area (Å²) in [5.74, 6) is 0. The van der Waals surface area contributed by atoms with Crippen molar-refractivity contribution < 1.29 is 4.48 Å². The molecule has 0 aromatic rings. The van der Waals surface area contributed by atoms with E-state index < -0.39 is 0 Å². The molecule has 0 rings (SSSR count). The van der Waals surface area contributed by atoms with Crippen molar-refractivity contribution in [2.24, 2.45) is 0 Å². The molecule has 0 aliphatic carbocycles. The molecule has 0 spiro atoms. The van der Waals surface area contributed by atoms with Gasteiger partial charge in [0.05, 0.1) is 27.7 Å². The van der Waals surface area contributed by atoms with E-state index in [4.69, 9.17) is 0 Å². The fourth-order valence-corrected chi connectivity index (χ4v) is 2.97. The Bertz CT molecular complexity index is 249. The molecule has 23 heavy (non-hydrogen) atoms. The van der Waals surface area contributed by atoms with E-state index in [9.17, 15) is 0 Å². The lowest BCUT2D eigenvalue weighted by molar-refractivity contribution is -0.864. The van der Waals surface area contributed by atoms with E-state index in [-0.39, 0.29) is 0 Å². The van der Waals surface area contributed by atoms with Crippen LogP contribution in [0.1, 0.15) is 103 Å². The van der Waals surface area contributed by atoms with E-state index in [1.165, 1.54) is 96.3 Å². The zero-order valence-electron chi connectivity index (χ0n) is 16.9. The Morgan fingerprint density at radius 3 is 1.30 bits per heavy atom. The molecular formula is C22H46N+. The third kappa shape index (κ3) is 21.7. The van der Waals surface area contributed by atoms with Gasteiger partial charge in [-0.05, 0) is 18.9 Å². The molecule has 0 bridgehead atoms. The number of quaternary nitrogens is 1. The van der Waals surface area contributed by atoms with Crippen LogP contribution in [-0.2, 0) is 0 Å². The van der Waals surface area contributed by atoms with Crippen molar-refractivity contribution in [2.75, 3.05) is 27.7 Å². The minimum Gasteiger partial charge on any atom is -0.328 e. The Labute approximate surface area is 148 Å². The Hall–Kier alpha value is -0.300. The summed E-state index contributed by atoms with van der Waals surface area (Å²) in [6.07, 6.45) is 26.3. The molecule has 0 aromatic heterocycles. The van der Waals surface area contributed by atoms with Crippen LogP contribution in [0.4, 0.5) is 0 Å². The zero-order valence-corrected chi connectivity index (χ0v) is 16.9. The predicted octanol–water partition coefficient (Wildman–Crippen LogP) is 7.12. The van der Waals surface area contributed by atoms with Gasteiger partial charge in [0.2, 0.25) is 0 Å². The number of hydrogen-bond acceptors (Lipinski definition) is 0. The minimum absolute atomic E-state index is 1.04. The Balaban J connectivity index is 3.08. The third-order valence-electron chi connectivity index (χ3n) is 4.54. The molecule has 0 amide bonds. The number of hydrogen-bond donors (Lipinski definition) is 0. The van der Waals surface area contributed by atoms with Crippen molar-refractivity contribution >= 4 is 0 Å². The monoisotopic (exact) mass is 324 g/mol. The Morgan fingerprint density at radius 2 is 0.913 bits per heavy atom. The van der Waals surface area contributed by atoms with Gasteiger partial charge in [-0.1, -0.05) is 96.5 Å². The van der Waals surface area contributed by atoms with Gasteiger partial charge in [0, 0.05) is 0 Å². The van der Waals surface area contributed by atoms with E-state index in [1.807, 2.05) is 0 Å². The number of allylic oxidation sites excluding steroid dienone is 1. The van der Waals surface area contributed by atoms with Crippen LogP contribution in [0, 0.1) is 0 Å². The number of unbranched alkanes of at least 4 members (excludes halogenated alkanes) is 14. The molecule has 0 N–H and O–H groups in total. The van der Waals surface area contributed by atoms with Crippen molar-refractivity contribution in [3.63, 3.8) is 0 Å². The molecule has 0 aliphatic rings. The maximum Gasteiger partial charge on any atom is 0.0967 e. The van der Waals surface area contributed by atoms with Gasteiger partial charge in [0.15, 0.2) is 0 Å². The van der Waals surface area contributed by atoms with Gasteiger partial charge < -0.3 is 4.48 Å². The molecule has 0 saturated carbocycles. The number of likely N-dealkylation sites (N-methyl/N-ethyl adjacent to an activating group) is 1. The highest BCUT2D eigenvalue weighted by Crippen LogP contribution is 2.13. The van der Waals surface area contributed by atoms with Gasteiger partial charge >= 0.3 is 0 Å². The third-order valence-corrected chi connectivity index (χ3v) is 4.54. The summed E-state index contributed by atoms with van der Waals surface area (Å²) in [5, 5.41) is 0. The van der Waals surface area contributed by atoms with Crippen LogP contribution in [0.25, 0.3) is 0 Å². The highest BCUT2D eigenvalue weighted by atomic mass is 15.3. The quantitative estimate of drug-likeness (QED) is 0.152. The second-order valence-corrected chi connectivity index (χ2v) is 8.33. The van der Waals surface area contributed by atoms with E-state index in [0.29, 0.717) is 0 Å². The summed E-state index contributed by atoms with van der Waals surface area (Å²) in [6.45, 7) is 3.45. The van der Waals surface area contributed by atoms with Crippen LogP contribution < -0.4 is 0 Å². The first kappa shape index (κ1) is 22.7. The highest BCUT2D eigenvalue weighted by molar-refractivity contribution is 4.81.